The SMILES string of the molecule is CCCCC/C=C/CC/C=C/CC/C=C/C(O)C(COC1OC(CO)C(O)C(O)C1O)NC(=O)CCCCCCC/C=C\CCCCCCC. The van der Waals surface area contributed by atoms with Crippen LogP contribution in [0.2, 0.25) is 0 Å². The summed E-state index contributed by atoms with van der Waals surface area (Å²) in [6.07, 6.45) is 31.5. The number of aliphatic hydroxyl groups excluding tert-OH is 5. The first-order chi connectivity index (χ1) is 24.3. The summed E-state index contributed by atoms with van der Waals surface area (Å²) in [5.41, 5.74) is 0. The van der Waals surface area contributed by atoms with Gasteiger partial charge in [0.25, 0.3) is 0 Å². The van der Waals surface area contributed by atoms with Crippen LogP contribution in [0.5, 0.6) is 0 Å². The molecule has 290 valence electrons. The third-order valence-electron chi connectivity index (χ3n) is 9.10. The van der Waals surface area contributed by atoms with E-state index in [9.17, 15) is 30.3 Å². The summed E-state index contributed by atoms with van der Waals surface area (Å²) in [6, 6.07) is -0.829. The zero-order chi connectivity index (χ0) is 36.7. The molecule has 1 fully saturated rings. The molecule has 0 radical (unpaired) electrons. The Morgan fingerprint density at radius 1 is 0.660 bits per heavy atom. The summed E-state index contributed by atoms with van der Waals surface area (Å²) in [5.74, 6) is -0.205. The Morgan fingerprint density at radius 2 is 1.14 bits per heavy atom. The number of unbranched alkanes of at least 4 members (excludes halogenated alkanes) is 15. The Bertz CT molecular complexity index is 920. The summed E-state index contributed by atoms with van der Waals surface area (Å²) >= 11 is 0. The topological polar surface area (TPSA) is 149 Å². The standard InChI is InChI=1S/C41H73NO8/c1-3-5-7-9-11-13-15-17-19-21-23-25-27-29-31-37(45)42-34(33-49-41-40(48)39(47)38(46)36(32-43)50-41)35(44)30-28-26-24-22-20-18-16-14-12-10-8-6-4-2/h12,14-15,17,20,22,28,30,34-36,38-41,43-44,46-48H,3-11,13,16,18-19,21,23-27,29,31-33H2,1-2H3,(H,42,45)/b14-12+,17-15-,22-20+,30-28+. The minimum atomic E-state index is -1.57. The fourth-order valence-electron chi connectivity index (χ4n) is 5.83. The molecule has 0 aliphatic carbocycles. The van der Waals surface area contributed by atoms with Gasteiger partial charge in [0.15, 0.2) is 6.29 Å². The second-order valence-corrected chi connectivity index (χ2v) is 13.7. The molecule has 0 spiro atoms. The van der Waals surface area contributed by atoms with Crippen LogP contribution in [0.3, 0.4) is 0 Å². The molecule has 50 heavy (non-hydrogen) atoms. The van der Waals surface area contributed by atoms with Crippen LogP contribution in [0.25, 0.3) is 0 Å². The van der Waals surface area contributed by atoms with Crippen molar-refractivity contribution in [3.05, 3.63) is 48.6 Å². The fraction of sp³-hybridized carbons (Fsp3) is 0.780. The number of aliphatic hydroxyl groups is 5. The van der Waals surface area contributed by atoms with E-state index < -0.39 is 49.5 Å². The van der Waals surface area contributed by atoms with Crippen molar-refractivity contribution in [2.24, 2.45) is 0 Å². The van der Waals surface area contributed by atoms with Gasteiger partial charge >= 0.3 is 0 Å². The lowest BCUT2D eigenvalue weighted by molar-refractivity contribution is -0.302. The van der Waals surface area contributed by atoms with E-state index in [1.165, 1.54) is 57.8 Å². The molecule has 0 aromatic heterocycles. The molecule has 7 atom stereocenters. The monoisotopic (exact) mass is 708 g/mol. The summed E-state index contributed by atoms with van der Waals surface area (Å²) in [6.45, 7) is 3.67. The number of nitrogens with one attached hydrogen (secondary N) is 1. The van der Waals surface area contributed by atoms with Crippen LogP contribution < -0.4 is 5.32 Å². The number of hydrogen-bond donors (Lipinski definition) is 6. The van der Waals surface area contributed by atoms with Crippen molar-refractivity contribution < 1.29 is 39.8 Å². The smallest absolute Gasteiger partial charge is 0.220 e. The van der Waals surface area contributed by atoms with Gasteiger partial charge < -0.3 is 40.3 Å². The minimum absolute atomic E-state index is 0.205. The lowest BCUT2D eigenvalue weighted by Crippen LogP contribution is -2.60. The number of ether oxygens (including phenoxy) is 2. The molecular weight excluding hydrogens is 634 g/mol. The van der Waals surface area contributed by atoms with E-state index in [-0.39, 0.29) is 12.5 Å². The van der Waals surface area contributed by atoms with Crippen LogP contribution >= 0.6 is 0 Å². The van der Waals surface area contributed by atoms with E-state index >= 15 is 0 Å². The Morgan fingerprint density at radius 3 is 1.72 bits per heavy atom. The van der Waals surface area contributed by atoms with Gasteiger partial charge in [-0.3, -0.25) is 4.79 Å². The van der Waals surface area contributed by atoms with Crippen molar-refractivity contribution in [1.29, 1.82) is 0 Å². The van der Waals surface area contributed by atoms with Gasteiger partial charge in [-0.1, -0.05) is 120 Å². The van der Waals surface area contributed by atoms with Crippen LogP contribution in [-0.4, -0.2) is 87.5 Å². The lowest BCUT2D eigenvalue weighted by atomic mass is 9.99. The highest BCUT2D eigenvalue weighted by atomic mass is 16.7. The second-order valence-electron chi connectivity index (χ2n) is 13.7. The molecule has 1 aliphatic rings. The number of hydrogen-bond acceptors (Lipinski definition) is 8. The molecule has 9 heteroatoms. The van der Waals surface area contributed by atoms with Crippen molar-refractivity contribution >= 4 is 5.91 Å². The molecule has 0 aromatic rings. The van der Waals surface area contributed by atoms with Gasteiger partial charge in [0.2, 0.25) is 5.91 Å². The van der Waals surface area contributed by atoms with Crippen molar-refractivity contribution in [3.8, 4) is 0 Å². The van der Waals surface area contributed by atoms with Gasteiger partial charge in [0, 0.05) is 6.42 Å². The lowest BCUT2D eigenvalue weighted by Gasteiger charge is -2.40. The van der Waals surface area contributed by atoms with E-state index in [2.05, 4.69) is 55.6 Å². The average molecular weight is 708 g/mol. The van der Waals surface area contributed by atoms with Crippen molar-refractivity contribution in [1.82, 2.24) is 5.32 Å². The first kappa shape index (κ1) is 46.2. The summed E-state index contributed by atoms with van der Waals surface area (Å²) in [5, 5.41) is 53.9. The van der Waals surface area contributed by atoms with E-state index in [0.717, 1.165) is 70.6 Å². The number of amides is 1. The van der Waals surface area contributed by atoms with E-state index in [0.29, 0.717) is 6.42 Å². The molecule has 1 heterocycles. The zero-order valence-electron chi connectivity index (χ0n) is 31.4. The summed E-state index contributed by atoms with van der Waals surface area (Å²) in [4.78, 5) is 12.9. The molecule has 1 saturated heterocycles. The maximum absolute atomic E-state index is 12.9. The predicted octanol–water partition coefficient (Wildman–Crippen LogP) is 7.11. The van der Waals surface area contributed by atoms with E-state index in [1.807, 2.05) is 6.08 Å². The molecule has 1 rings (SSSR count). The largest absolute Gasteiger partial charge is 0.394 e. The molecule has 6 N–H and O–H groups in total. The molecule has 1 aliphatic heterocycles. The quantitative estimate of drug-likeness (QED) is 0.0330. The third kappa shape index (κ3) is 22.9. The van der Waals surface area contributed by atoms with Crippen LogP contribution in [-0.2, 0) is 14.3 Å². The molecule has 0 aromatic carbocycles. The fourth-order valence-corrected chi connectivity index (χ4v) is 5.83. The molecule has 0 saturated carbocycles. The maximum Gasteiger partial charge on any atom is 0.220 e. The second kappa shape index (κ2) is 31.9. The zero-order valence-corrected chi connectivity index (χ0v) is 31.4. The third-order valence-corrected chi connectivity index (χ3v) is 9.10. The Kier molecular flexibility index (Phi) is 29.4. The molecule has 7 unspecified atom stereocenters. The summed E-state index contributed by atoms with van der Waals surface area (Å²) < 4.78 is 11.1. The van der Waals surface area contributed by atoms with Gasteiger partial charge in [-0.2, -0.15) is 0 Å². The van der Waals surface area contributed by atoms with Gasteiger partial charge in [0.1, 0.15) is 24.4 Å². The number of rotatable bonds is 31. The van der Waals surface area contributed by atoms with Gasteiger partial charge in [-0.15, -0.1) is 0 Å². The maximum atomic E-state index is 12.9. The number of carbonyl (C=O) groups is 1. The molecule has 0 bridgehead atoms. The van der Waals surface area contributed by atoms with Crippen molar-refractivity contribution in [2.45, 2.75) is 192 Å². The Balaban J connectivity index is 2.49. The van der Waals surface area contributed by atoms with Crippen LogP contribution in [0.1, 0.15) is 149 Å². The normalized spacial score (nSPS) is 22.7. The Labute approximate surface area is 303 Å². The first-order valence-corrected chi connectivity index (χ1v) is 19.9. The van der Waals surface area contributed by atoms with E-state index in [1.54, 1.807) is 6.08 Å². The average Bonchev–Trinajstić information content (AvgIpc) is 3.11. The van der Waals surface area contributed by atoms with Crippen molar-refractivity contribution in [3.63, 3.8) is 0 Å². The number of allylic oxidation sites excluding steroid dienone is 7. The predicted molar refractivity (Wildman–Crippen MR) is 203 cm³/mol. The van der Waals surface area contributed by atoms with Gasteiger partial charge in [-0.25, -0.2) is 0 Å². The van der Waals surface area contributed by atoms with Crippen molar-refractivity contribution in [2.75, 3.05) is 13.2 Å². The van der Waals surface area contributed by atoms with E-state index in [4.69, 9.17) is 9.47 Å². The Hall–Kier alpha value is -1.85. The molecule has 9 nitrogen and oxygen atoms in total. The van der Waals surface area contributed by atoms with Crippen LogP contribution in [0.15, 0.2) is 48.6 Å². The first-order valence-electron chi connectivity index (χ1n) is 19.9. The highest BCUT2D eigenvalue weighted by Crippen LogP contribution is 2.22. The van der Waals surface area contributed by atoms with Crippen LogP contribution in [0, 0.1) is 0 Å². The molecule has 1 amide bonds. The summed E-state index contributed by atoms with van der Waals surface area (Å²) in [7, 11) is 0. The minimum Gasteiger partial charge on any atom is -0.394 e. The van der Waals surface area contributed by atoms with Gasteiger partial charge in [-0.05, 0) is 70.6 Å². The van der Waals surface area contributed by atoms with Gasteiger partial charge in [0.05, 0.1) is 25.4 Å². The number of carbonyl (C=O) groups excluding carboxylic acids is 1. The molecular formula is C41H73NO8. The highest BCUT2D eigenvalue weighted by molar-refractivity contribution is 5.76. The highest BCUT2D eigenvalue weighted by Gasteiger charge is 2.44. The van der Waals surface area contributed by atoms with Crippen LogP contribution in [0.4, 0.5) is 0 Å².